The van der Waals surface area contributed by atoms with Crippen LogP contribution in [0.2, 0.25) is 0 Å². The summed E-state index contributed by atoms with van der Waals surface area (Å²) >= 11 is 0. The molecule has 152 valence electrons. The van der Waals surface area contributed by atoms with Gasteiger partial charge >= 0.3 is 6.09 Å². The Morgan fingerprint density at radius 3 is 2.61 bits per heavy atom. The molecular weight excluding hydrogens is 358 g/mol. The van der Waals surface area contributed by atoms with Gasteiger partial charge in [-0.15, -0.1) is 0 Å². The van der Waals surface area contributed by atoms with E-state index in [1.807, 2.05) is 45.9 Å². The van der Waals surface area contributed by atoms with Crippen LogP contribution in [0.4, 0.5) is 4.79 Å². The minimum atomic E-state index is -0.262. The lowest BCUT2D eigenvalue weighted by Crippen LogP contribution is -3.18. The van der Waals surface area contributed by atoms with Crippen LogP contribution in [-0.4, -0.2) is 60.2 Å². The maximum atomic E-state index is 13.2. The average molecular weight is 388 g/mol. The third-order valence-electron chi connectivity index (χ3n) is 5.67. The van der Waals surface area contributed by atoms with Gasteiger partial charge in [0.25, 0.3) is 0 Å². The van der Waals surface area contributed by atoms with E-state index in [2.05, 4.69) is 4.57 Å². The van der Waals surface area contributed by atoms with Crippen molar-refractivity contribution in [2.75, 3.05) is 32.8 Å². The molecule has 0 saturated carbocycles. The molecule has 0 spiro atoms. The molecule has 0 radical (unpaired) electrons. The van der Waals surface area contributed by atoms with Crippen molar-refractivity contribution < 1.29 is 23.6 Å². The quantitative estimate of drug-likeness (QED) is 0.765. The number of quaternary nitrogens is 1. The lowest BCUT2D eigenvalue weighted by Gasteiger charge is -2.34. The second kappa shape index (κ2) is 8.65. The summed E-state index contributed by atoms with van der Waals surface area (Å²) in [5, 5.41) is 0. The zero-order chi connectivity index (χ0) is 20.3. The van der Waals surface area contributed by atoms with Crippen molar-refractivity contribution in [3.63, 3.8) is 0 Å². The van der Waals surface area contributed by atoms with Crippen LogP contribution >= 0.6 is 0 Å². The standard InChI is InChI=1S/C21H29N3O4/c1-5-27-21(26)23-10-8-22(9-11-23)17(4)20(25)19-13-15(2)24(16(19)3)14-18-7-6-12-28-18/h6-7,12-13,17H,5,8-11,14H2,1-4H3/p+1/t17-/m1/s1. The highest BCUT2D eigenvalue weighted by atomic mass is 16.6. The third kappa shape index (κ3) is 4.14. The van der Waals surface area contributed by atoms with Crippen molar-refractivity contribution in [1.82, 2.24) is 9.47 Å². The minimum absolute atomic E-state index is 0.151. The van der Waals surface area contributed by atoms with Crippen molar-refractivity contribution in [2.24, 2.45) is 0 Å². The molecular formula is C21H30N3O4+. The number of Topliss-reactive ketones (excluding diaryl/α,β-unsaturated/α-hetero) is 1. The molecule has 2 aromatic heterocycles. The summed E-state index contributed by atoms with van der Waals surface area (Å²) in [6, 6.07) is 5.64. The number of furan rings is 1. The number of piperazine rings is 1. The molecule has 2 aromatic rings. The number of hydrogen-bond acceptors (Lipinski definition) is 4. The van der Waals surface area contributed by atoms with Gasteiger partial charge in [0.15, 0.2) is 0 Å². The van der Waals surface area contributed by atoms with Crippen LogP contribution in [0.15, 0.2) is 28.9 Å². The molecule has 1 saturated heterocycles. The highest BCUT2D eigenvalue weighted by Crippen LogP contribution is 2.18. The second-order valence-corrected chi connectivity index (χ2v) is 7.38. The van der Waals surface area contributed by atoms with Crippen LogP contribution in [0.25, 0.3) is 0 Å². The highest BCUT2D eigenvalue weighted by molar-refractivity contribution is 6.00. The van der Waals surface area contributed by atoms with Crippen LogP contribution < -0.4 is 4.90 Å². The molecule has 1 atom stereocenters. The van der Waals surface area contributed by atoms with Gasteiger partial charge in [-0.25, -0.2) is 4.79 Å². The number of rotatable bonds is 6. The van der Waals surface area contributed by atoms with E-state index in [4.69, 9.17) is 9.15 Å². The molecule has 0 aromatic carbocycles. The molecule has 3 heterocycles. The fourth-order valence-corrected chi connectivity index (χ4v) is 3.90. The molecule has 1 aliphatic rings. The molecule has 0 unspecified atom stereocenters. The predicted octanol–water partition coefficient (Wildman–Crippen LogP) is 1.67. The maximum Gasteiger partial charge on any atom is 0.410 e. The second-order valence-electron chi connectivity index (χ2n) is 7.38. The van der Waals surface area contributed by atoms with Gasteiger partial charge < -0.3 is 18.6 Å². The number of carbonyl (C=O) groups excluding carboxylic acids is 2. The molecule has 0 bridgehead atoms. The number of amides is 1. The first-order chi connectivity index (χ1) is 13.4. The van der Waals surface area contributed by atoms with Gasteiger partial charge in [0.05, 0.1) is 45.6 Å². The van der Waals surface area contributed by atoms with Crippen LogP contribution in [0.5, 0.6) is 0 Å². The first kappa shape index (κ1) is 20.2. The molecule has 1 fully saturated rings. The molecule has 28 heavy (non-hydrogen) atoms. The normalized spacial score (nSPS) is 16.2. The van der Waals surface area contributed by atoms with Gasteiger partial charge in [-0.3, -0.25) is 9.69 Å². The average Bonchev–Trinajstić information content (AvgIpc) is 3.31. The SMILES string of the molecule is CCOC(=O)N1CC[NH+]([C@H](C)C(=O)c2cc(C)n(Cc3ccco3)c2C)CC1. The Balaban J connectivity index is 1.66. The predicted molar refractivity (Wildman–Crippen MR) is 105 cm³/mol. The summed E-state index contributed by atoms with van der Waals surface area (Å²) in [5.41, 5.74) is 2.79. The number of carbonyl (C=O) groups is 2. The van der Waals surface area contributed by atoms with E-state index < -0.39 is 0 Å². The van der Waals surface area contributed by atoms with E-state index in [1.165, 1.54) is 4.90 Å². The van der Waals surface area contributed by atoms with Crippen molar-refractivity contribution in [3.8, 4) is 0 Å². The van der Waals surface area contributed by atoms with Gasteiger partial charge in [-0.1, -0.05) is 0 Å². The van der Waals surface area contributed by atoms with Crippen molar-refractivity contribution in [3.05, 3.63) is 47.2 Å². The Bertz CT molecular complexity index is 817. The van der Waals surface area contributed by atoms with E-state index in [0.29, 0.717) is 26.2 Å². The Hall–Kier alpha value is -2.54. The molecule has 0 aliphatic carbocycles. The van der Waals surface area contributed by atoms with Gasteiger partial charge in [0, 0.05) is 17.0 Å². The summed E-state index contributed by atoms with van der Waals surface area (Å²) in [6.45, 7) is 11.5. The first-order valence-electron chi connectivity index (χ1n) is 9.92. The van der Waals surface area contributed by atoms with E-state index in [1.54, 1.807) is 11.2 Å². The fourth-order valence-electron chi connectivity index (χ4n) is 3.90. The minimum Gasteiger partial charge on any atom is -0.467 e. The molecule has 1 aliphatic heterocycles. The van der Waals surface area contributed by atoms with E-state index in [-0.39, 0.29) is 17.9 Å². The lowest BCUT2D eigenvalue weighted by atomic mass is 10.0. The van der Waals surface area contributed by atoms with Crippen LogP contribution in [0.1, 0.15) is 41.4 Å². The molecule has 1 amide bonds. The summed E-state index contributed by atoms with van der Waals surface area (Å²) in [5.74, 6) is 1.02. The van der Waals surface area contributed by atoms with Gasteiger partial charge in [-0.2, -0.15) is 0 Å². The number of ketones is 1. The van der Waals surface area contributed by atoms with E-state index in [9.17, 15) is 9.59 Å². The lowest BCUT2D eigenvalue weighted by molar-refractivity contribution is -0.917. The van der Waals surface area contributed by atoms with Gasteiger partial charge in [0.2, 0.25) is 5.78 Å². The summed E-state index contributed by atoms with van der Waals surface area (Å²) in [7, 11) is 0. The number of nitrogens with one attached hydrogen (secondary N) is 1. The van der Waals surface area contributed by atoms with Crippen LogP contribution in [0, 0.1) is 13.8 Å². The summed E-state index contributed by atoms with van der Waals surface area (Å²) in [6.07, 6.45) is 1.40. The maximum absolute atomic E-state index is 13.2. The Labute approximate surface area is 165 Å². The van der Waals surface area contributed by atoms with Crippen molar-refractivity contribution in [1.29, 1.82) is 0 Å². The first-order valence-corrected chi connectivity index (χ1v) is 9.92. The number of aromatic nitrogens is 1. The highest BCUT2D eigenvalue weighted by Gasteiger charge is 2.33. The van der Waals surface area contributed by atoms with E-state index in [0.717, 1.165) is 35.8 Å². The fraction of sp³-hybridized carbons (Fsp3) is 0.524. The number of aryl methyl sites for hydroxylation is 1. The van der Waals surface area contributed by atoms with Crippen molar-refractivity contribution >= 4 is 11.9 Å². The number of ether oxygens (including phenoxy) is 1. The molecule has 1 N–H and O–H groups in total. The van der Waals surface area contributed by atoms with Gasteiger partial charge in [-0.05, 0) is 45.9 Å². The zero-order valence-electron chi connectivity index (χ0n) is 17.2. The molecule has 7 nitrogen and oxygen atoms in total. The summed E-state index contributed by atoms with van der Waals surface area (Å²) in [4.78, 5) is 28.0. The van der Waals surface area contributed by atoms with Gasteiger partial charge in [0.1, 0.15) is 11.8 Å². The zero-order valence-corrected chi connectivity index (χ0v) is 17.2. The van der Waals surface area contributed by atoms with Crippen LogP contribution in [-0.2, 0) is 11.3 Å². The smallest absolute Gasteiger partial charge is 0.410 e. The third-order valence-corrected chi connectivity index (χ3v) is 5.67. The number of nitrogens with zero attached hydrogens (tertiary/aromatic N) is 2. The monoisotopic (exact) mass is 388 g/mol. The Kier molecular flexibility index (Phi) is 6.24. The summed E-state index contributed by atoms with van der Waals surface area (Å²) < 4.78 is 12.6. The number of hydrogen-bond donors (Lipinski definition) is 1. The van der Waals surface area contributed by atoms with Crippen LogP contribution in [0.3, 0.4) is 0 Å². The molecule has 7 heteroatoms. The van der Waals surface area contributed by atoms with E-state index >= 15 is 0 Å². The topological polar surface area (TPSA) is 69.1 Å². The molecule has 3 rings (SSSR count). The van der Waals surface area contributed by atoms with Crippen molar-refractivity contribution in [2.45, 2.75) is 40.3 Å². The largest absolute Gasteiger partial charge is 0.467 e. The Morgan fingerprint density at radius 2 is 2.00 bits per heavy atom. The Morgan fingerprint density at radius 1 is 1.29 bits per heavy atom.